The highest BCUT2D eigenvalue weighted by Crippen LogP contribution is 2.30. The molecule has 0 radical (unpaired) electrons. The molecule has 1 aliphatic carbocycles. The van der Waals surface area contributed by atoms with Crippen LogP contribution in [0.5, 0.6) is 0 Å². The van der Waals surface area contributed by atoms with Crippen LogP contribution < -0.4 is 5.32 Å². The molecular weight excluding hydrogens is 356 g/mol. The van der Waals surface area contributed by atoms with Crippen LogP contribution in [0.3, 0.4) is 0 Å². The van der Waals surface area contributed by atoms with Crippen molar-refractivity contribution in [1.82, 2.24) is 4.98 Å². The number of pyridine rings is 1. The fraction of sp³-hybridized carbons (Fsp3) is 0.545. The van der Waals surface area contributed by atoms with E-state index in [-0.39, 0.29) is 11.7 Å². The summed E-state index contributed by atoms with van der Waals surface area (Å²) in [6, 6.07) is 8.14. The molecule has 1 aromatic heterocycles. The van der Waals surface area contributed by atoms with Gasteiger partial charge in [0.15, 0.2) is 5.78 Å². The SMILES string of the molecule is CCc1cc2cc(C(=O)C3CCC(OC)CC3)ccc2nc1NCCSC. The van der Waals surface area contributed by atoms with E-state index < -0.39 is 0 Å². The lowest BCUT2D eigenvalue weighted by atomic mass is 9.82. The van der Waals surface area contributed by atoms with E-state index in [2.05, 4.69) is 24.6 Å². The summed E-state index contributed by atoms with van der Waals surface area (Å²) < 4.78 is 5.43. The van der Waals surface area contributed by atoms with Gasteiger partial charge in [0.1, 0.15) is 5.82 Å². The first-order valence-corrected chi connectivity index (χ1v) is 11.3. The maximum Gasteiger partial charge on any atom is 0.165 e. The van der Waals surface area contributed by atoms with Crippen LogP contribution in [0.4, 0.5) is 5.82 Å². The average molecular weight is 387 g/mol. The van der Waals surface area contributed by atoms with E-state index in [9.17, 15) is 4.79 Å². The molecule has 0 atom stereocenters. The van der Waals surface area contributed by atoms with Gasteiger partial charge in [-0.15, -0.1) is 0 Å². The standard InChI is InChI=1S/C22H30N2O2S/c1-4-15-13-18-14-17(21(25)16-5-8-19(26-2)9-6-16)7-10-20(18)24-22(15)23-11-12-27-3/h7,10,13-14,16,19H,4-6,8-9,11-12H2,1-3H3,(H,23,24). The van der Waals surface area contributed by atoms with Gasteiger partial charge in [-0.05, 0) is 68.2 Å². The zero-order valence-corrected chi connectivity index (χ0v) is 17.4. The number of carbonyl (C=O) groups is 1. The number of hydrogen-bond acceptors (Lipinski definition) is 5. The van der Waals surface area contributed by atoms with Crippen LogP contribution in [0.15, 0.2) is 24.3 Å². The highest BCUT2D eigenvalue weighted by atomic mass is 32.2. The molecule has 5 heteroatoms. The first kappa shape index (κ1) is 20.2. The molecule has 4 nitrogen and oxygen atoms in total. The number of hydrogen-bond donors (Lipinski definition) is 1. The molecule has 0 saturated heterocycles. The van der Waals surface area contributed by atoms with Gasteiger partial charge in [-0.2, -0.15) is 11.8 Å². The molecule has 1 fully saturated rings. The Morgan fingerprint density at radius 3 is 2.70 bits per heavy atom. The first-order chi connectivity index (χ1) is 13.2. The number of fused-ring (bicyclic) bond motifs is 1. The van der Waals surface area contributed by atoms with Crippen molar-refractivity contribution in [2.75, 3.05) is 31.0 Å². The number of thioether (sulfide) groups is 1. The summed E-state index contributed by atoms with van der Waals surface area (Å²) in [5.41, 5.74) is 2.96. The summed E-state index contributed by atoms with van der Waals surface area (Å²) in [7, 11) is 1.76. The van der Waals surface area contributed by atoms with Crippen molar-refractivity contribution < 1.29 is 9.53 Å². The number of methoxy groups -OCH3 is 1. The normalized spacial score (nSPS) is 20.0. The molecule has 1 N–H and O–H groups in total. The lowest BCUT2D eigenvalue weighted by Gasteiger charge is -2.26. The number of Topliss-reactive ketones (excluding diaryl/α,β-unsaturated/α-hetero) is 1. The summed E-state index contributed by atoms with van der Waals surface area (Å²) in [5, 5.41) is 4.50. The second kappa shape index (κ2) is 9.56. The Morgan fingerprint density at radius 1 is 1.26 bits per heavy atom. The van der Waals surface area contributed by atoms with Crippen molar-refractivity contribution in [3.05, 3.63) is 35.4 Å². The van der Waals surface area contributed by atoms with Gasteiger partial charge in [0.25, 0.3) is 0 Å². The van der Waals surface area contributed by atoms with Crippen LogP contribution in [0.1, 0.15) is 48.5 Å². The fourth-order valence-electron chi connectivity index (χ4n) is 3.86. The highest BCUT2D eigenvalue weighted by molar-refractivity contribution is 7.98. The third-order valence-corrected chi connectivity index (χ3v) is 6.15. The molecule has 27 heavy (non-hydrogen) atoms. The van der Waals surface area contributed by atoms with Crippen molar-refractivity contribution >= 4 is 34.3 Å². The topological polar surface area (TPSA) is 51.2 Å². The smallest absolute Gasteiger partial charge is 0.165 e. The molecule has 146 valence electrons. The maximum atomic E-state index is 13.0. The van der Waals surface area contributed by atoms with Gasteiger partial charge in [-0.3, -0.25) is 4.79 Å². The molecule has 0 bridgehead atoms. The van der Waals surface area contributed by atoms with E-state index in [4.69, 9.17) is 9.72 Å². The van der Waals surface area contributed by atoms with Crippen molar-refractivity contribution in [1.29, 1.82) is 0 Å². The number of nitrogens with zero attached hydrogens (tertiary/aromatic N) is 1. The number of ketones is 1. The predicted octanol–water partition coefficient (Wildman–Crippen LogP) is 4.96. The van der Waals surface area contributed by atoms with Crippen LogP contribution in [0, 0.1) is 5.92 Å². The van der Waals surface area contributed by atoms with Crippen molar-refractivity contribution in [3.8, 4) is 0 Å². The molecule has 3 rings (SSSR count). The number of anilines is 1. The zero-order chi connectivity index (χ0) is 19.2. The minimum absolute atomic E-state index is 0.125. The van der Waals surface area contributed by atoms with Gasteiger partial charge in [0, 0.05) is 36.3 Å². The van der Waals surface area contributed by atoms with E-state index in [1.165, 1.54) is 5.56 Å². The third kappa shape index (κ3) is 4.82. The number of carbonyl (C=O) groups excluding carboxylic acids is 1. The number of rotatable bonds is 8. The van der Waals surface area contributed by atoms with Crippen molar-refractivity contribution in [2.24, 2.45) is 5.92 Å². The van der Waals surface area contributed by atoms with E-state index in [1.807, 2.05) is 30.0 Å². The summed E-state index contributed by atoms with van der Waals surface area (Å²) in [5.74, 6) is 2.42. The average Bonchev–Trinajstić information content (AvgIpc) is 2.72. The Labute approximate surface area is 166 Å². The summed E-state index contributed by atoms with van der Waals surface area (Å²) in [4.78, 5) is 17.8. The van der Waals surface area contributed by atoms with Gasteiger partial charge in [-0.25, -0.2) is 4.98 Å². The number of aromatic nitrogens is 1. The summed E-state index contributed by atoms with van der Waals surface area (Å²) in [6.45, 7) is 3.05. The molecule has 1 aromatic carbocycles. The third-order valence-electron chi connectivity index (χ3n) is 5.54. The maximum absolute atomic E-state index is 13.0. The van der Waals surface area contributed by atoms with Gasteiger partial charge in [0.05, 0.1) is 11.6 Å². The van der Waals surface area contributed by atoms with Crippen molar-refractivity contribution in [2.45, 2.75) is 45.1 Å². The summed E-state index contributed by atoms with van der Waals surface area (Å²) in [6.07, 6.45) is 7.15. The van der Waals surface area contributed by atoms with E-state index >= 15 is 0 Å². The molecule has 0 aliphatic heterocycles. The number of aryl methyl sites for hydroxylation is 1. The lowest BCUT2D eigenvalue weighted by molar-refractivity contribution is 0.0519. The molecule has 0 unspecified atom stereocenters. The monoisotopic (exact) mass is 386 g/mol. The second-order valence-corrected chi connectivity index (χ2v) is 8.24. The quantitative estimate of drug-likeness (QED) is 0.513. The Hall–Kier alpha value is -1.59. The van der Waals surface area contributed by atoms with E-state index in [1.54, 1.807) is 7.11 Å². The first-order valence-electron chi connectivity index (χ1n) is 9.89. The van der Waals surface area contributed by atoms with Crippen LogP contribution >= 0.6 is 11.8 Å². The van der Waals surface area contributed by atoms with Crippen LogP contribution in [-0.2, 0) is 11.2 Å². The van der Waals surface area contributed by atoms with Gasteiger partial charge in [0.2, 0.25) is 0 Å². The zero-order valence-electron chi connectivity index (χ0n) is 16.6. The van der Waals surface area contributed by atoms with Gasteiger partial charge in [-0.1, -0.05) is 6.92 Å². The van der Waals surface area contributed by atoms with Crippen LogP contribution in [-0.4, -0.2) is 42.5 Å². The molecular formula is C22H30N2O2S. The molecule has 1 aliphatic rings. The Kier molecular flexibility index (Phi) is 7.13. The predicted molar refractivity (Wildman–Crippen MR) is 115 cm³/mol. The Morgan fingerprint density at radius 2 is 2.04 bits per heavy atom. The van der Waals surface area contributed by atoms with Gasteiger partial charge < -0.3 is 10.1 Å². The lowest BCUT2D eigenvalue weighted by Crippen LogP contribution is -2.25. The molecule has 1 heterocycles. The second-order valence-electron chi connectivity index (χ2n) is 7.25. The fourth-order valence-corrected chi connectivity index (χ4v) is 4.17. The minimum atomic E-state index is 0.125. The largest absolute Gasteiger partial charge is 0.381 e. The molecule has 1 saturated carbocycles. The number of ether oxygens (including phenoxy) is 1. The molecule has 0 amide bonds. The Balaban J connectivity index is 1.80. The van der Waals surface area contributed by atoms with Crippen molar-refractivity contribution in [3.63, 3.8) is 0 Å². The van der Waals surface area contributed by atoms with E-state index in [0.717, 1.165) is 66.7 Å². The van der Waals surface area contributed by atoms with E-state index in [0.29, 0.717) is 6.10 Å². The number of nitrogens with one attached hydrogen (secondary N) is 1. The summed E-state index contributed by atoms with van der Waals surface area (Å²) >= 11 is 1.82. The number of benzene rings is 1. The van der Waals surface area contributed by atoms with Gasteiger partial charge >= 0.3 is 0 Å². The molecule has 0 spiro atoms. The Bertz CT molecular complexity index is 785. The molecule has 2 aromatic rings. The van der Waals surface area contributed by atoms with Crippen LogP contribution in [0.25, 0.3) is 10.9 Å². The van der Waals surface area contributed by atoms with Crippen LogP contribution in [0.2, 0.25) is 0 Å². The highest BCUT2D eigenvalue weighted by Gasteiger charge is 2.27. The minimum Gasteiger partial charge on any atom is -0.381 e.